The van der Waals surface area contributed by atoms with Gasteiger partial charge in [0.1, 0.15) is 38.2 Å². The van der Waals surface area contributed by atoms with Gasteiger partial charge in [0.15, 0.2) is 16.6 Å². The van der Waals surface area contributed by atoms with Gasteiger partial charge in [0.2, 0.25) is 0 Å². The summed E-state index contributed by atoms with van der Waals surface area (Å²) in [5.74, 6) is -0.0152. The average molecular weight is 940 g/mol. The number of nitrogens with one attached hydrogen (secondary N) is 2. The summed E-state index contributed by atoms with van der Waals surface area (Å²) in [5.41, 5.74) is 1.22. The second-order valence-corrected chi connectivity index (χ2v) is 17.7. The third-order valence-electron chi connectivity index (χ3n) is 9.06. The Bertz CT molecular complexity index is 3390. The third kappa shape index (κ3) is 9.50. The Morgan fingerprint density at radius 1 is 0.746 bits per heavy atom. The van der Waals surface area contributed by atoms with Gasteiger partial charge in [0, 0.05) is 45.0 Å². The van der Waals surface area contributed by atoms with Gasteiger partial charge >= 0.3 is 0 Å². The Morgan fingerprint density at radius 2 is 1.40 bits per heavy atom. The molecular formula is C40H24Cl2N10O8S3. The van der Waals surface area contributed by atoms with Gasteiger partial charge in [-0.05, 0) is 90.7 Å². The van der Waals surface area contributed by atoms with Crippen molar-refractivity contribution in [3.63, 3.8) is 0 Å². The van der Waals surface area contributed by atoms with Gasteiger partial charge in [0.25, 0.3) is 25.9 Å². The molecule has 0 atom stereocenters. The molecule has 0 amide bonds. The van der Waals surface area contributed by atoms with E-state index in [0.29, 0.717) is 21.7 Å². The second-order valence-electron chi connectivity index (χ2n) is 13.1. The van der Waals surface area contributed by atoms with Crippen LogP contribution in [0.15, 0.2) is 133 Å². The average Bonchev–Trinajstić information content (AvgIpc) is 3.60. The Morgan fingerprint density at radius 3 is 2.05 bits per heavy atom. The van der Waals surface area contributed by atoms with Gasteiger partial charge < -0.3 is 10.6 Å². The monoisotopic (exact) mass is 938 g/mol. The van der Waals surface area contributed by atoms with Crippen LogP contribution in [0.4, 0.5) is 50.1 Å². The summed E-state index contributed by atoms with van der Waals surface area (Å²) < 4.78 is 67.7. The number of benzene rings is 5. The SMILES string of the molecule is Cc1c(C#N)c(Nc2ccc(Cl)c(S(=O)(=O)O)c2)nc(Nc2ccc(Cl)cc2)c1N=Nc1sc(N=Nc2ccc3cccc(S(=O)(=O)O)c3c2)c(-c2ccc([N+](=O)[O-])cc2)c1C#N. The van der Waals surface area contributed by atoms with Crippen molar-refractivity contribution in [1.29, 1.82) is 10.5 Å². The third-order valence-corrected chi connectivity index (χ3v) is 12.5. The number of pyridine rings is 1. The normalized spacial score (nSPS) is 11.8. The fourth-order valence-corrected chi connectivity index (χ4v) is 8.85. The lowest BCUT2D eigenvalue weighted by atomic mass is 10.0. The summed E-state index contributed by atoms with van der Waals surface area (Å²) in [6.07, 6.45) is 0. The summed E-state index contributed by atoms with van der Waals surface area (Å²) in [5, 5.41) is 56.9. The van der Waals surface area contributed by atoms with Crippen molar-refractivity contribution in [3.05, 3.63) is 140 Å². The van der Waals surface area contributed by atoms with Gasteiger partial charge in [-0.1, -0.05) is 52.7 Å². The standard InChI is InChI=1S/C40H24Cl2N10O8S3/c1-21-30(19-43)37(46-26-13-16-32(42)34(18-26)63(58,59)60)47-38(45-25-11-8-24(41)9-12-25)36(21)49-50-39-31(20-44)35(23-6-14-28(15-7-23)52(53)54)40(61-39)51-48-27-10-5-22-3-2-4-33(29(22)17-27)62(55,56)57/h2-18H,1H3,(H2,45,46,47)(H,55,56,57)(H,58,59,60). The Kier molecular flexibility index (Phi) is 12.3. The molecule has 2 aromatic heterocycles. The summed E-state index contributed by atoms with van der Waals surface area (Å²) in [7, 11) is -9.33. The van der Waals surface area contributed by atoms with E-state index in [1.165, 1.54) is 54.6 Å². The molecule has 63 heavy (non-hydrogen) atoms. The van der Waals surface area contributed by atoms with Crippen LogP contribution in [0.5, 0.6) is 0 Å². The Hall–Kier alpha value is -7.21. The lowest BCUT2D eigenvalue weighted by molar-refractivity contribution is -0.384. The summed E-state index contributed by atoms with van der Waals surface area (Å²) in [4.78, 5) is 14.6. The topological polar surface area (TPSA) is 286 Å². The number of nitro benzene ring substituents is 1. The number of anilines is 4. The van der Waals surface area contributed by atoms with Gasteiger partial charge in [0.05, 0.1) is 21.2 Å². The minimum atomic E-state index is -4.73. The van der Waals surface area contributed by atoms with E-state index >= 15 is 0 Å². The number of thiophene rings is 1. The van der Waals surface area contributed by atoms with Crippen molar-refractivity contribution in [2.45, 2.75) is 16.7 Å². The Balaban J connectivity index is 1.37. The number of azo groups is 2. The number of rotatable bonds is 12. The number of fused-ring (bicyclic) bond motifs is 1. The van der Waals surface area contributed by atoms with Crippen molar-refractivity contribution in [3.8, 4) is 23.3 Å². The number of nitro groups is 1. The van der Waals surface area contributed by atoms with Gasteiger partial charge in [-0.3, -0.25) is 19.2 Å². The molecule has 0 aliphatic rings. The van der Waals surface area contributed by atoms with E-state index in [2.05, 4.69) is 48.2 Å². The van der Waals surface area contributed by atoms with Crippen LogP contribution in [0, 0.1) is 39.7 Å². The van der Waals surface area contributed by atoms with Crippen molar-refractivity contribution in [2.24, 2.45) is 20.5 Å². The molecule has 7 rings (SSSR count). The zero-order valence-electron chi connectivity index (χ0n) is 31.7. The minimum Gasteiger partial charge on any atom is -0.339 e. The fourth-order valence-electron chi connectivity index (χ4n) is 6.10. The number of halogens is 2. The number of aromatic nitrogens is 1. The molecule has 4 N–H and O–H groups in total. The van der Waals surface area contributed by atoms with Crippen LogP contribution in [0.25, 0.3) is 21.9 Å². The van der Waals surface area contributed by atoms with Crippen LogP contribution in [0.2, 0.25) is 10.0 Å². The molecule has 0 bridgehead atoms. The maximum atomic E-state index is 12.1. The first-order valence-corrected chi connectivity index (χ1v) is 22.1. The van der Waals surface area contributed by atoms with Crippen molar-refractivity contribution in [1.82, 2.24) is 4.98 Å². The summed E-state index contributed by atoms with van der Waals surface area (Å²) >= 11 is 13.0. The largest absolute Gasteiger partial charge is 0.339 e. The predicted octanol–water partition coefficient (Wildman–Crippen LogP) is 12.0. The molecule has 0 saturated carbocycles. The van der Waals surface area contributed by atoms with Crippen LogP contribution in [-0.4, -0.2) is 35.8 Å². The zero-order chi connectivity index (χ0) is 45.2. The summed E-state index contributed by atoms with van der Waals surface area (Å²) in [6, 6.07) is 28.6. The van der Waals surface area contributed by atoms with E-state index < -0.39 is 30.1 Å². The highest BCUT2D eigenvalue weighted by molar-refractivity contribution is 7.86. The van der Waals surface area contributed by atoms with E-state index in [-0.39, 0.29) is 81.9 Å². The molecule has 0 spiro atoms. The number of non-ortho nitro benzene ring substituents is 1. The second kappa shape index (κ2) is 17.6. The van der Waals surface area contributed by atoms with Gasteiger partial charge in [-0.15, -0.1) is 20.5 Å². The first kappa shape index (κ1) is 43.9. The van der Waals surface area contributed by atoms with Crippen LogP contribution < -0.4 is 10.6 Å². The highest BCUT2D eigenvalue weighted by Gasteiger charge is 2.24. The molecule has 0 unspecified atom stereocenters. The highest BCUT2D eigenvalue weighted by atomic mass is 35.5. The molecule has 7 aromatic rings. The molecule has 0 saturated heterocycles. The maximum Gasteiger partial charge on any atom is 0.296 e. The lowest BCUT2D eigenvalue weighted by Crippen LogP contribution is -2.05. The quantitative estimate of drug-likeness (QED) is 0.0384. The molecule has 0 radical (unpaired) electrons. The van der Waals surface area contributed by atoms with Gasteiger partial charge in [-0.25, -0.2) is 4.98 Å². The molecule has 0 aliphatic carbocycles. The molecular weight excluding hydrogens is 916 g/mol. The van der Waals surface area contributed by atoms with Crippen LogP contribution in [-0.2, 0) is 20.2 Å². The van der Waals surface area contributed by atoms with Crippen LogP contribution in [0.3, 0.4) is 0 Å². The molecule has 2 heterocycles. The van der Waals surface area contributed by atoms with Gasteiger partial charge in [-0.2, -0.15) is 27.4 Å². The van der Waals surface area contributed by atoms with E-state index in [1.54, 1.807) is 49.4 Å². The first-order chi connectivity index (χ1) is 29.9. The van der Waals surface area contributed by atoms with E-state index in [0.717, 1.165) is 17.4 Å². The first-order valence-electron chi connectivity index (χ1n) is 17.6. The highest BCUT2D eigenvalue weighted by Crippen LogP contribution is 2.49. The van der Waals surface area contributed by atoms with Crippen molar-refractivity contribution >= 4 is 116 Å². The molecule has 314 valence electrons. The van der Waals surface area contributed by atoms with Crippen molar-refractivity contribution < 1.29 is 30.9 Å². The minimum absolute atomic E-state index is 0.00318. The van der Waals surface area contributed by atoms with E-state index in [4.69, 9.17) is 23.2 Å². The Labute approximate surface area is 371 Å². The molecule has 0 fully saturated rings. The van der Waals surface area contributed by atoms with Crippen LogP contribution >= 0.6 is 34.5 Å². The number of nitriles is 2. The molecule has 5 aromatic carbocycles. The molecule has 23 heteroatoms. The smallest absolute Gasteiger partial charge is 0.296 e. The number of hydrogen-bond donors (Lipinski definition) is 4. The zero-order valence-corrected chi connectivity index (χ0v) is 35.7. The van der Waals surface area contributed by atoms with E-state index in [9.17, 15) is 46.6 Å². The molecule has 18 nitrogen and oxygen atoms in total. The maximum absolute atomic E-state index is 12.1. The van der Waals surface area contributed by atoms with Crippen molar-refractivity contribution in [2.75, 3.05) is 10.6 Å². The summed E-state index contributed by atoms with van der Waals surface area (Å²) in [6.45, 7) is 1.55. The molecule has 0 aliphatic heterocycles. The lowest BCUT2D eigenvalue weighted by Gasteiger charge is -2.16. The predicted molar refractivity (Wildman–Crippen MR) is 236 cm³/mol. The number of nitrogens with zero attached hydrogens (tertiary/aromatic N) is 8. The van der Waals surface area contributed by atoms with E-state index in [1.807, 2.05) is 0 Å². The number of hydrogen-bond acceptors (Lipinski definition) is 16. The van der Waals surface area contributed by atoms with Crippen LogP contribution in [0.1, 0.15) is 16.7 Å². The fraction of sp³-hybridized carbons (Fsp3) is 0.0250.